The molecular weight excluding hydrogens is 276 g/mol. The number of rotatable bonds is 9. The van der Waals surface area contributed by atoms with E-state index in [2.05, 4.69) is 32.5 Å². The van der Waals surface area contributed by atoms with Gasteiger partial charge in [0, 0.05) is 50.0 Å². The van der Waals surface area contributed by atoms with Crippen LogP contribution in [0.5, 0.6) is 0 Å². The van der Waals surface area contributed by atoms with E-state index in [0.29, 0.717) is 30.1 Å². The summed E-state index contributed by atoms with van der Waals surface area (Å²) in [5.74, 6) is 2.41. The van der Waals surface area contributed by atoms with Gasteiger partial charge in [-0.25, -0.2) is 0 Å². The van der Waals surface area contributed by atoms with E-state index >= 15 is 0 Å². The largest absolute Gasteiger partial charge is 0.354 e. The predicted octanol–water partition coefficient (Wildman–Crippen LogP) is 0.940. The maximum absolute atomic E-state index is 11.0. The highest BCUT2D eigenvalue weighted by atomic mass is 32.2. The maximum Gasteiger partial charge on any atom is 0.231 e. The average molecular weight is 300 g/mol. The summed E-state index contributed by atoms with van der Waals surface area (Å²) >= 11 is 0. The molecule has 8 heteroatoms. The summed E-state index contributed by atoms with van der Waals surface area (Å²) in [6.45, 7) is 3.61. The first-order chi connectivity index (χ1) is 9.52. The highest BCUT2D eigenvalue weighted by Gasteiger charge is 2.07. The molecule has 0 radical (unpaired) electrons. The Kier molecular flexibility index (Phi) is 7.21. The first kappa shape index (κ1) is 16.6. The van der Waals surface area contributed by atoms with Crippen molar-refractivity contribution in [3.05, 3.63) is 0 Å². The summed E-state index contributed by atoms with van der Waals surface area (Å²) in [5.41, 5.74) is 0. The smallest absolute Gasteiger partial charge is 0.231 e. The third kappa shape index (κ3) is 6.14. The maximum atomic E-state index is 11.0. The van der Waals surface area contributed by atoms with Crippen LogP contribution in [0, 0.1) is 0 Å². The van der Waals surface area contributed by atoms with Crippen LogP contribution in [-0.4, -0.2) is 58.4 Å². The fourth-order valence-electron chi connectivity index (χ4n) is 1.44. The summed E-state index contributed by atoms with van der Waals surface area (Å²) in [7, 11) is 3.03. The molecule has 114 valence electrons. The van der Waals surface area contributed by atoms with Crippen LogP contribution in [0.1, 0.15) is 19.8 Å². The van der Waals surface area contributed by atoms with Crippen LogP contribution in [0.2, 0.25) is 0 Å². The van der Waals surface area contributed by atoms with Crippen molar-refractivity contribution in [1.29, 1.82) is 0 Å². The second kappa shape index (κ2) is 8.68. The summed E-state index contributed by atoms with van der Waals surface area (Å²) in [4.78, 5) is 14.8. The fraction of sp³-hybridized carbons (Fsp3) is 0.750. The topological polar surface area (TPSA) is 83.0 Å². The van der Waals surface area contributed by atoms with E-state index in [9.17, 15) is 4.21 Å². The summed E-state index contributed by atoms with van der Waals surface area (Å²) < 4.78 is 11.0. The molecule has 2 N–H and O–H groups in total. The lowest BCUT2D eigenvalue weighted by Gasteiger charge is -2.13. The lowest BCUT2D eigenvalue weighted by Crippen LogP contribution is -2.18. The van der Waals surface area contributed by atoms with Crippen LogP contribution in [0.25, 0.3) is 0 Å². The number of anilines is 3. The Bertz CT molecular complexity index is 440. The van der Waals surface area contributed by atoms with Gasteiger partial charge in [0.2, 0.25) is 17.8 Å². The van der Waals surface area contributed by atoms with Crippen LogP contribution in [0.4, 0.5) is 17.8 Å². The van der Waals surface area contributed by atoms with Crippen LogP contribution >= 0.6 is 0 Å². The van der Waals surface area contributed by atoms with Gasteiger partial charge in [-0.1, -0.05) is 6.92 Å². The van der Waals surface area contributed by atoms with Gasteiger partial charge in [0.15, 0.2) is 0 Å². The van der Waals surface area contributed by atoms with Crippen molar-refractivity contribution in [1.82, 2.24) is 15.0 Å². The Morgan fingerprint density at radius 2 is 1.70 bits per heavy atom. The number of hydrogen-bond donors (Lipinski definition) is 2. The Hall–Kier alpha value is -1.44. The van der Waals surface area contributed by atoms with Gasteiger partial charge in [0.05, 0.1) is 0 Å². The van der Waals surface area contributed by atoms with Gasteiger partial charge >= 0.3 is 0 Å². The number of hydrogen-bond acceptors (Lipinski definition) is 7. The van der Waals surface area contributed by atoms with Gasteiger partial charge in [-0.2, -0.15) is 15.0 Å². The molecule has 0 aliphatic heterocycles. The molecule has 1 atom stereocenters. The second-order valence-electron chi connectivity index (χ2n) is 4.66. The van der Waals surface area contributed by atoms with Crippen molar-refractivity contribution in [2.45, 2.75) is 19.8 Å². The van der Waals surface area contributed by atoms with Crippen molar-refractivity contribution >= 4 is 28.6 Å². The van der Waals surface area contributed by atoms with E-state index < -0.39 is 10.8 Å². The summed E-state index contributed by atoms with van der Waals surface area (Å²) in [5, 5.41) is 6.31. The van der Waals surface area contributed by atoms with Gasteiger partial charge in [0.1, 0.15) is 0 Å². The fourth-order valence-corrected chi connectivity index (χ4v) is 1.99. The van der Waals surface area contributed by atoms with Crippen LogP contribution in [0.3, 0.4) is 0 Å². The second-order valence-corrected chi connectivity index (χ2v) is 6.22. The third-order valence-electron chi connectivity index (χ3n) is 2.45. The number of nitrogens with one attached hydrogen (secondary N) is 2. The standard InChI is InChI=1S/C12H24N6OS/c1-5-7-13-10-15-11(14-8-6-9-20(4)19)17-12(16-10)18(2)3/h5-9H2,1-4H3,(H2,13,14,15,16,17). The SMILES string of the molecule is CCCNc1nc(NCCCS(C)=O)nc(N(C)C)n1. The van der Waals surface area contributed by atoms with E-state index in [-0.39, 0.29) is 0 Å². The molecule has 1 rings (SSSR count). The Morgan fingerprint density at radius 3 is 2.20 bits per heavy atom. The van der Waals surface area contributed by atoms with Gasteiger partial charge in [0.25, 0.3) is 0 Å². The molecule has 1 aromatic heterocycles. The van der Waals surface area contributed by atoms with Crippen molar-refractivity contribution in [3.8, 4) is 0 Å². The molecular formula is C12H24N6OS. The van der Waals surface area contributed by atoms with Crippen molar-refractivity contribution in [3.63, 3.8) is 0 Å². The van der Waals surface area contributed by atoms with Gasteiger partial charge in [-0.3, -0.25) is 4.21 Å². The van der Waals surface area contributed by atoms with E-state index in [1.54, 1.807) is 6.26 Å². The van der Waals surface area contributed by atoms with Gasteiger partial charge < -0.3 is 15.5 Å². The molecule has 0 spiro atoms. The average Bonchev–Trinajstić information content (AvgIpc) is 2.41. The van der Waals surface area contributed by atoms with E-state index in [4.69, 9.17) is 0 Å². The van der Waals surface area contributed by atoms with Gasteiger partial charge in [-0.15, -0.1) is 0 Å². The van der Waals surface area contributed by atoms with Crippen molar-refractivity contribution < 1.29 is 4.21 Å². The zero-order valence-corrected chi connectivity index (χ0v) is 13.5. The molecule has 1 heterocycles. The Labute approximate surface area is 123 Å². The monoisotopic (exact) mass is 300 g/mol. The minimum Gasteiger partial charge on any atom is -0.354 e. The van der Waals surface area contributed by atoms with Crippen LogP contribution in [-0.2, 0) is 10.8 Å². The van der Waals surface area contributed by atoms with Crippen LogP contribution < -0.4 is 15.5 Å². The van der Waals surface area contributed by atoms with Crippen molar-refractivity contribution in [2.24, 2.45) is 0 Å². The molecule has 0 fully saturated rings. The highest BCUT2D eigenvalue weighted by molar-refractivity contribution is 7.84. The molecule has 7 nitrogen and oxygen atoms in total. The van der Waals surface area contributed by atoms with Crippen LogP contribution in [0.15, 0.2) is 0 Å². The van der Waals surface area contributed by atoms with E-state index in [0.717, 1.165) is 19.4 Å². The van der Waals surface area contributed by atoms with E-state index in [1.165, 1.54) is 0 Å². The molecule has 1 aromatic rings. The minimum atomic E-state index is -0.758. The number of nitrogens with zero attached hydrogens (tertiary/aromatic N) is 4. The number of aromatic nitrogens is 3. The molecule has 0 saturated heterocycles. The molecule has 0 saturated carbocycles. The normalized spacial score (nSPS) is 12.0. The third-order valence-corrected chi connectivity index (χ3v) is 3.31. The first-order valence-corrected chi connectivity index (χ1v) is 8.46. The first-order valence-electron chi connectivity index (χ1n) is 6.74. The quantitative estimate of drug-likeness (QED) is 0.657. The van der Waals surface area contributed by atoms with Crippen molar-refractivity contribution in [2.75, 3.05) is 54.7 Å². The molecule has 0 aliphatic carbocycles. The lowest BCUT2D eigenvalue weighted by molar-refractivity contribution is 0.685. The summed E-state index contributed by atoms with van der Waals surface area (Å²) in [6, 6.07) is 0. The Morgan fingerprint density at radius 1 is 1.10 bits per heavy atom. The molecule has 20 heavy (non-hydrogen) atoms. The highest BCUT2D eigenvalue weighted by Crippen LogP contribution is 2.11. The molecule has 0 amide bonds. The zero-order valence-electron chi connectivity index (χ0n) is 12.6. The summed E-state index contributed by atoms with van der Waals surface area (Å²) in [6.07, 6.45) is 3.54. The predicted molar refractivity (Wildman–Crippen MR) is 85.0 cm³/mol. The van der Waals surface area contributed by atoms with E-state index in [1.807, 2.05) is 19.0 Å². The lowest BCUT2D eigenvalue weighted by atomic mass is 10.5. The van der Waals surface area contributed by atoms with Gasteiger partial charge in [-0.05, 0) is 12.8 Å². The minimum absolute atomic E-state index is 0.546. The molecule has 0 aromatic carbocycles. The Balaban J connectivity index is 2.67. The molecule has 0 aliphatic rings. The molecule has 1 unspecified atom stereocenters. The molecule has 0 bridgehead atoms. The zero-order chi connectivity index (χ0) is 15.0.